The summed E-state index contributed by atoms with van der Waals surface area (Å²) < 4.78 is 4.65. The second-order valence-corrected chi connectivity index (χ2v) is 9.68. The summed E-state index contributed by atoms with van der Waals surface area (Å²) in [7, 11) is 1.52. The average molecular weight is 485 g/mol. The Labute approximate surface area is 196 Å². The zero-order valence-corrected chi connectivity index (χ0v) is 19.4. The Balaban J connectivity index is 1.67. The molecule has 1 aromatic carbocycles. The number of halogens is 2. The van der Waals surface area contributed by atoms with Crippen LogP contribution >= 0.6 is 23.2 Å². The molecule has 174 valence electrons. The van der Waals surface area contributed by atoms with E-state index in [4.69, 9.17) is 39.1 Å². The smallest absolute Gasteiger partial charge is 0.313 e. The zero-order valence-electron chi connectivity index (χ0n) is 17.9. The number of nitrogens with one attached hydrogen (secondary N) is 2. The van der Waals surface area contributed by atoms with Crippen LogP contribution in [0, 0.1) is 5.92 Å². The van der Waals surface area contributed by atoms with E-state index in [1.165, 1.54) is 12.0 Å². The van der Waals surface area contributed by atoms with Crippen LogP contribution in [-0.4, -0.2) is 71.1 Å². The van der Waals surface area contributed by atoms with Gasteiger partial charge in [-0.15, -0.1) is 23.2 Å². The molecule has 0 bridgehead atoms. The van der Waals surface area contributed by atoms with Crippen molar-refractivity contribution in [1.82, 2.24) is 10.2 Å². The number of carbonyl (C=O) groups excluding carboxylic acids is 3. The van der Waals surface area contributed by atoms with Crippen LogP contribution in [-0.2, 0) is 19.1 Å². The van der Waals surface area contributed by atoms with Gasteiger partial charge < -0.3 is 26.0 Å². The number of alkyl halides is 2. The Morgan fingerprint density at radius 1 is 1.34 bits per heavy atom. The Kier molecular flexibility index (Phi) is 7.32. The summed E-state index contributed by atoms with van der Waals surface area (Å²) in [4.78, 5) is 39.0. The number of hydrogen-bond acceptors (Lipinski definition) is 5. The first-order valence-corrected chi connectivity index (χ1v) is 11.1. The minimum Gasteiger partial charge on any atom is -0.379 e. The monoisotopic (exact) mass is 484 g/mol. The van der Waals surface area contributed by atoms with Crippen LogP contribution in [0.1, 0.15) is 25.3 Å². The fourth-order valence-corrected chi connectivity index (χ4v) is 4.78. The van der Waals surface area contributed by atoms with E-state index in [0.717, 1.165) is 0 Å². The molecule has 2 fully saturated rings. The number of nitrogens with two attached hydrogens (primary N) is 2. The van der Waals surface area contributed by atoms with Crippen LogP contribution in [0.2, 0.25) is 0 Å². The van der Waals surface area contributed by atoms with E-state index in [-0.39, 0.29) is 36.0 Å². The molecule has 0 aromatic heterocycles. The van der Waals surface area contributed by atoms with E-state index in [2.05, 4.69) is 10.6 Å². The van der Waals surface area contributed by atoms with Crippen molar-refractivity contribution in [1.29, 1.82) is 0 Å². The molecule has 11 heteroatoms. The van der Waals surface area contributed by atoms with Gasteiger partial charge in [0.15, 0.2) is 0 Å². The van der Waals surface area contributed by atoms with Gasteiger partial charge in [-0.25, -0.2) is 5.41 Å². The number of primary amides is 1. The fraction of sp³-hybridized carbons (Fsp3) is 0.524. The first-order chi connectivity index (χ1) is 15.1. The SMILES string of the molecule is CO[C@@H]1CCN(C(=O)CNc2ccccc2C(=[NH2+])C(N)=O)[C@@H]1C(=O)N[C@H](C)[C@H]1CC1(Cl)Cl. The van der Waals surface area contributed by atoms with E-state index >= 15 is 0 Å². The first-order valence-electron chi connectivity index (χ1n) is 10.3. The van der Waals surface area contributed by atoms with Gasteiger partial charge in [0, 0.05) is 31.3 Å². The van der Waals surface area contributed by atoms with Gasteiger partial charge in [0.1, 0.15) is 10.4 Å². The minimum absolute atomic E-state index is 0.0357. The summed E-state index contributed by atoms with van der Waals surface area (Å²) in [5.41, 5.74) is 6.06. The lowest BCUT2D eigenvalue weighted by atomic mass is 10.1. The minimum atomic E-state index is -0.820. The van der Waals surface area contributed by atoms with Crippen molar-refractivity contribution >= 4 is 52.3 Å². The highest BCUT2D eigenvalue weighted by Crippen LogP contribution is 2.54. The van der Waals surface area contributed by atoms with Crippen LogP contribution in [0.15, 0.2) is 24.3 Å². The molecule has 1 saturated heterocycles. The molecule has 0 radical (unpaired) electrons. The average Bonchev–Trinajstić information content (AvgIpc) is 3.20. The van der Waals surface area contributed by atoms with Crippen LogP contribution in [0.5, 0.6) is 0 Å². The predicted octanol–water partition coefficient (Wildman–Crippen LogP) is -0.554. The van der Waals surface area contributed by atoms with E-state index in [1.54, 1.807) is 24.3 Å². The zero-order chi connectivity index (χ0) is 23.6. The van der Waals surface area contributed by atoms with Crippen molar-refractivity contribution in [2.75, 3.05) is 25.5 Å². The van der Waals surface area contributed by atoms with E-state index < -0.39 is 22.4 Å². The van der Waals surface area contributed by atoms with Crippen LogP contribution in [0.25, 0.3) is 0 Å². The molecule has 1 aliphatic heterocycles. The van der Waals surface area contributed by atoms with Crippen molar-refractivity contribution < 1.29 is 24.5 Å². The topological polar surface area (TPSA) is 139 Å². The molecule has 1 aromatic rings. The van der Waals surface area contributed by atoms with E-state index in [0.29, 0.717) is 30.6 Å². The Hall–Kier alpha value is -2.36. The second-order valence-electron chi connectivity index (χ2n) is 8.14. The highest BCUT2D eigenvalue weighted by atomic mass is 35.5. The predicted molar refractivity (Wildman–Crippen MR) is 121 cm³/mol. The maximum absolute atomic E-state index is 13.0. The molecular formula is C21H28Cl2N5O4+. The number of ether oxygens (including phenoxy) is 1. The van der Waals surface area contributed by atoms with Crippen molar-refractivity contribution in [2.45, 2.75) is 42.3 Å². The van der Waals surface area contributed by atoms with Crippen molar-refractivity contribution in [3.63, 3.8) is 0 Å². The largest absolute Gasteiger partial charge is 0.379 e. The van der Waals surface area contributed by atoms with Gasteiger partial charge >= 0.3 is 5.91 Å². The van der Waals surface area contributed by atoms with Gasteiger partial charge in [-0.1, -0.05) is 12.1 Å². The van der Waals surface area contributed by atoms with Gasteiger partial charge in [0.25, 0.3) is 5.71 Å². The van der Waals surface area contributed by atoms with Crippen molar-refractivity contribution in [2.24, 2.45) is 11.7 Å². The quantitative estimate of drug-likeness (QED) is 0.275. The summed E-state index contributed by atoms with van der Waals surface area (Å²) in [5, 5.41) is 11.7. The number of para-hydroxylation sites is 1. The number of carbonyl (C=O) groups is 3. The molecule has 32 heavy (non-hydrogen) atoms. The number of benzene rings is 1. The summed E-state index contributed by atoms with van der Waals surface area (Å²) in [6.07, 6.45) is 0.715. The Bertz CT molecular complexity index is 925. The lowest BCUT2D eigenvalue weighted by Gasteiger charge is -2.28. The molecule has 1 saturated carbocycles. The van der Waals surface area contributed by atoms with E-state index in [9.17, 15) is 14.4 Å². The van der Waals surface area contributed by atoms with Gasteiger partial charge in [-0.3, -0.25) is 14.4 Å². The molecule has 0 unspecified atom stereocenters. The summed E-state index contributed by atoms with van der Waals surface area (Å²) in [5.74, 6) is -1.39. The van der Waals surface area contributed by atoms with Crippen LogP contribution < -0.4 is 21.8 Å². The molecule has 1 heterocycles. The van der Waals surface area contributed by atoms with Gasteiger partial charge in [-0.2, -0.15) is 0 Å². The molecule has 0 spiro atoms. The van der Waals surface area contributed by atoms with E-state index in [1.807, 2.05) is 6.92 Å². The number of amides is 3. The van der Waals surface area contributed by atoms with Crippen LogP contribution in [0.4, 0.5) is 5.69 Å². The lowest BCUT2D eigenvalue weighted by molar-refractivity contribution is -0.140. The number of likely N-dealkylation sites (tertiary alicyclic amines) is 1. The molecule has 3 amide bonds. The fourth-order valence-electron chi connectivity index (χ4n) is 4.07. The lowest BCUT2D eigenvalue weighted by Crippen LogP contribution is -2.53. The van der Waals surface area contributed by atoms with Crippen LogP contribution in [0.3, 0.4) is 0 Å². The van der Waals surface area contributed by atoms with Crippen molar-refractivity contribution in [3.05, 3.63) is 29.8 Å². The molecule has 2 aliphatic rings. The molecule has 3 rings (SSSR count). The first kappa shape index (κ1) is 24.3. The maximum Gasteiger partial charge on any atom is 0.313 e. The molecule has 4 atom stereocenters. The Morgan fingerprint density at radius 2 is 2.00 bits per heavy atom. The number of hydrogen-bond donors (Lipinski definition) is 4. The third kappa shape index (κ3) is 5.16. The van der Waals surface area contributed by atoms with Crippen molar-refractivity contribution in [3.8, 4) is 0 Å². The van der Waals surface area contributed by atoms with Gasteiger partial charge in [-0.05, 0) is 31.9 Å². The Morgan fingerprint density at radius 3 is 2.59 bits per heavy atom. The molecule has 9 nitrogen and oxygen atoms in total. The van der Waals surface area contributed by atoms with Gasteiger partial charge in [0.2, 0.25) is 11.8 Å². The third-order valence-corrected chi connectivity index (χ3v) is 6.86. The highest BCUT2D eigenvalue weighted by Gasteiger charge is 2.55. The summed E-state index contributed by atoms with van der Waals surface area (Å²) in [6, 6.07) is 5.77. The van der Waals surface area contributed by atoms with Gasteiger partial charge in [0.05, 0.1) is 18.2 Å². The number of anilines is 1. The standard InChI is InChI=1S/C21H27Cl2N5O4/c1-11(13-9-21(13,22)23)27-20(31)18-15(32-2)7-8-28(18)16(29)10-26-14-6-4-3-5-12(14)17(24)19(25)30/h3-6,11,13,15,18,24,26H,7-10H2,1-2H3,(H2,25,30)(H,27,31)/p+1/t11-,13-,15-,18+/m1/s1. The number of rotatable bonds is 9. The summed E-state index contributed by atoms with van der Waals surface area (Å²) in [6.45, 7) is 2.12. The number of nitrogens with zero attached hydrogens (tertiary/aromatic N) is 1. The molecule has 6 N–H and O–H groups in total. The highest BCUT2D eigenvalue weighted by molar-refractivity contribution is 6.51. The summed E-state index contributed by atoms with van der Waals surface area (Å²) >= 11 is 12.2. The normalized spacial score (nSPS) is 24.5. The maximum atomic E-state index is 13.0. The second kappa shape index (κ2) is 9.64. The molecular weight excluding hydrogens is 457 g/mol. The number of methoxy groups -OCH3 is 1. The molecule has 1 aliphatic carbocycles. The third-order valence-electron chi connectivity index (χ3n) is 5.99.